The van der Waals surface area contributed by atoms with Crippen LogP contribution in [0.4, 0.5) is 0 Å². The van der Waals surface area contributed by atoms with Crippen LogP contribution in [0.25, 0.3) is 10.8 Å². The molecule has 12 nitrogen and oxygen atoms in total. The molecule has 10 aliphatic rings. The molecule has 9 N–H and O–H groups in total. The summed E-state index contributed by atoms with van der Waals surface area (Å²) in [6.07, 6.45) is 12.1. The zero-order chi connectivity index (χ0) is 63.2. The molecule has 7 aromatic carbocycles. The van der Waals surface area contributed by atoms with Gasteiger partial charge in [-0.1, -0.05) is 170 Å². The highest BCUT2D eigenvalue weighted by Crippen LogP contribution is 2.65. The van der Waals surface area contributed by atoms with Crippen molar-refractivity contribution in [2.24, 2.45) is 69.7 Å². The Balaban J connectivity index is 0.870. The third-order valence-electron chi connectivity index (χ3n) is 23.4. The lowest BCUT2D eigenvalue weighted by molar-refractivity contribution is -0.213. The number of benzene rings is 7. The molecule has 5 heterocycles. The Bertz CT molecular complexity index is 4210. The minimum atomic E-state index is -4.73. The fraction of sp³-hybridized carbons (Fsp3) is 0.405. The number of allylic oxidation sites excluding steroid dienone is 2. The van der Waals surface area contributed by atoms with Gasteiger partial charge in [0.2, 0.25) is 5.72 Å². The average molecular weight is 1250 g/mol. The van der Waals surface area contributed by atoms with Gasteiger partial charge < -0.3 is 41.4 Å². The van der Waals surface area contributed by atoms with Crippen LogP contribution in [0, 0.1) is 65.1 Å². The average Bonchev–Trinajstić information content (AvgIpc) is 0.710. The highest BCUT2D eigenvalue weighted by molar-refractivity contribution is 7.86. The van der Waals surface area contributed by atoms with Crippen LogP contribution in [0.2, 0.25) is 0 Å². The smallest absolute Gasteiger partial charge is 0.268 e. The van der Waals surface area contributed by atoms with Crippen LogP contribution in [-0.2, 0) is 39.8 Å². The van der Waals surface area contributed by atoms with Crippen molar-refractivity contribution < 1.29 is 42.9 Å². The third-order valence-corrected chi connectivity index (χ3v) is 24.6. The number of fused-ring (bicyclic) bond motifs is 10. The Labute approximate surface area is 540 Å². The maximum absolute atomic E-state index is 14.6. The number of aliphatic imine (C=N–C) groups is 1. The van der Waals surface area contributed by atoms with Crippen LogP contribution in [0.1, 0.15) is 150 Å². The zero-order valence-corrected chi connectivity index (χ0v) is 52.9. The first-order chi connectivity index (χ1) is 44.5. The van der Waals surface area contributed by atoms with Crippen molar-refractivity contribution in [3.05, 3.63) is 237 Å². The van der Waals surface area contributed by atoms with Gasteiger partial charge in [0.05, 0.1) is 23.1 Å². The van der Waals surface area contributed by atoms with E-state index in [4.69, 9.17) is 25.9 Å². The van der Waals surface area contributed by atoms with E-state index < -0.39 is 62.6 Å². The molecule has 13 heteroatoms. The van der Waals surface area contributed by atoms with Crippen molar-refractivity contribution in [2.45, 2.75) is 137 Å². The number of aliphatic hydroxyl groups excluding tert-OH is 2. The molecule has 0 radical (unpaired) electrons. The molecule has 3 fully saturated rings. The van der Waals surface area contributed by atoms with Crippen LogP contribution in [-0.4, -0.2) is 62.9 Å². The normalized spacial score (nSPS) is 33.0. The quantitative estimate of drug-likeness (QED) is 0.0225. The second-order valence-electron chi connectivity index (χ2n) is 28.4. The zero-order valence-electron chi connectivity index (χ0n) is 52.1. The van der Waals surface area contributed by atoms with E-state index in [0.717, 1.165) is 86.5 Å². The fourth-order valence-corrected chi connectivity index (χ4v) is 20.3. The van der Waals surface area contributed by atoms with Crippen molar-refractivity contribution in [1.82, 2.24) is 0 Å². The number of guanidine groups is 1. The molecule has 5 aliphatic carbocycles. The van der Waals surface area contributed by atoms with E-state index in [1.807, 2.05) is 30.3 Å². The first-order valence-electron chi connectivity index (χ1n) is 33.5. The highest BCUT2D eigenvalue weighted by Gasteiger charge is 2.66. The van der Waals surface area contributed by atoms with Gasteiger partial charge in [-0.25, -0.2) is 4.99 Å². The third kappa shape index (κ3) is 10.9. The van der Waals surface area contributed by atoms with E-state index in [9.17, 15) is 33.4 Å². The number of hydrogen-bond acceptors (Lipinski definition) is 9. The molecule has 5 aliphatic heterocycles. The molecule has 0 spiro atoms. The van der Waals surface area contributed by atoms with Crippen molar-refractivity contribution in [2.75, 3.05) is 6.61 Å². The maximum Gasteiger partial charge on any atom is 0.268 e. The van der Waals surface area contributed by atoms with Crippen molar-refractivity contribution in [3.63, 3.8) is 0 Å². The topological polar surface area (TPSA) is 218 Å². The van der Waals surface area contributed by atoms with Crippen molar-refractivity contribution >= 4 is 26.9 Å². The molecule has 92 heavy (non-hydrogen) atoms. The summed E-state index contributed by atoms with van der Waals surface area (Å²) in [6, 6.07) is 53.0. The molecule has 1 saturated heterocycles. The second-order valence-corrected chi connectivity index (χ2v) is 30.0. The van der Waals surface area contributed by atoms with Gasteiger partial charge >= 0.3 is 0 Å². The number of ether oxygens (including phenoxy) is 2. The molecule has 14 bridgehead atoms. The molecule has 7 aromatic rings. The van der Waals surface area contributed by atoms with Crippen LogP contribution in [0.5, 0.6) is 11.5 Å². The van der Waals surface area contributed by atoms with Crippen LogP contribution >= 0.6 is 0 Å². The van der Waals surface area contributed by atoms with Crippen molar-refractivity contribution in [3.8, 4) is 23.3 Å². The van der Waals surface area contributed by atoms with Gasteiger partial charge in [-0.3, -0.25) is 4.55 Å². The molecule has 474 valence electrons. The second kappa shape index (κ2) is 24.1. The summed E-state index contributed by atoms with van der Waals surface area (Å²) in [5.74, 6) is 3.92. The van der Waals surface area contributed by atoms with Gasteiger partial charge in [-0.15, -0.1) is 0 Å². The molecule has 0 aromatic heterocycles. The van der Waals surface area contributed by atoms with Gasteiger partial charge in [0.1, 0.15) is 17.6 Å². The van der Waals surface area contributed by atoms with Gasteiger partial charge in [-0.2, -0.15) is 8.42 Å². The maximum atomic E-state index is 14.6. The number of aryl methyl sites for hydroxylation is 1. The van der Waals surface area contributed by atoms with Crippen molar-refractivity contribution in [1.29, 1.82) is 0 Å². The van der Waals surface area contributed by atoms with Crippen LogP contribution in [0.3, 0.4) is 0 Å². The molecular formula is C79H83N3O9S. The number of rotatable bonds is 10. The lowest BCUT2D eigenvalue weighted by Gasteiger charge is -2.63. The largest absolute Gasteiger partial charge is 0.508 e. The number of aliphatic hydroxyl groups is 3. The van der Waals surface area contributed by atoms with Crippen LogP contribution in [0.15, 0.2) is 187 Å². The molecule has 2 saturated carbocycles. The summed E-state index contributed by atoms with van der Waals surface area (Å²) in [5.41, 5.74) is 20.8. The predicted molar refractivity (Wildman–Crippen MR) is 358 cm³/mol. The summed E-state index contributed by atoms with van der Waals surface area (Å²) in [4.78, 5) is 5.42. The first-order valence-corrected chi connectivity index (χ1v) is 35.0. The lowest BCUT2D eigenvalue weighted by atomic mass is 9.44. The van der Waals surface area contributed by atoms with E-state index >= 15 is 0 Å². The van der Waals surface area contributed by atoms with E-state index in [1.165, 1.54) is 0 Å². The summed E-state index contributed by atoms with van der Waals surface area (Å²) >= 11 is 0. The number of nitrogens with zero attached hydrogens (tertiary/aromatic N) is 1. The van der Waals surface area contributed by atoms with Gasteiger partial charge in [-0.05, 0) is 191 Å². The first kappa shape index (κ1) is 60.7. The monoisotopic (exact) mass is 1250 g/mol. The Morgan fingerprint density at radius 1 is 0.793 bits per heavy atom. The van der Waals surface area contributed by atoms with Crippen LogP contribution < -0.4 is 16.2 Å². The molecule has 17 rings (SSSR count). The van der Waals surface area contributed by atoms with Gasteiger partial charge in [0.25, 0.3) is 10.1 Å². The van der Waals surface area contributed by atoms with E-state index in [2.05, 4.69) is 152 Å². The Morgan fingerprint density at radius 3 is 2.36 bits per heavy atom. The highest BCUT2D eigenvalue weighted by atomic mass is 32.2. The van der Waals surface area contributed by atoms with Gasteiger partial charge in [0, 0.05) is 59.8 Å². The van der Waals surface area contributed by atoms with E-state index in [0.29, 0.717) is 61.8 Å². The predicted octanol–water partition coefficient (Wildman–Crippen LogP) is 13.2. The number of aromatic hydroxyl groups is 1. The minimum absolute atomic E-state index is 0.0491. The summed E-state index contributed by atoms with van der Waals surface area (Å²) in [7, 11) is -4.73. The van der Waals surface area contributed by atoms with E-state index in [-0.39, 0.29) is 78.2 Å². The fourth-order valence-electron chi connectivity index (χ4n) is 19.2. The standard InChI is InChI=1S/C79H83N3O9S/c1-46-17-18-55-39-61-29-31-64(55)67(46)44-74(92(87,88)89)68-41-58-37-57(40-62-35-48(45-83)11-7-14-53-38-60(84)28-30-66(53)76(58)90-62)75(68)52-23-26-59(27-24-52)79(91-61,82-77(80)81)72-42-56-25-33-70-65(32-34-69(56)78(70,86)71(72)36-47-9-3-2-4-10-47)50-19-21-51(22-20-50)73(85)43-54-15-8-13-49-12-5-6-16-63(49)54/h2-6,8-10,12-13,15-16,19-31,33,38-39,41,46,48,56-57,62,65,67-76,83-86H,11,17-18,32,34-37,40,42-45H2,1H3,(H4,80,81,82)(H,87,88,89). The van der Waals surface area contributed by atoms with Gasteiger partial charge in [0.15, 0.2) is 5.96 Å². The Morgan fingerprint density at radius 2 is 1.57 bits per heavy atom. The number of hydrogen-bond donors (Lipinski definition) is 7. The lowest BCUT2D eigenvalue weighted by Crippen LogP contribution is -2.67. The number of nitrogens with two attached hydrogens (primary N) is 2. The Hall–Kier alpha value is -7.54. The SMILES string of the molecule is CC1CCc2cc3ccc2C1CC(S(=O)(=O)O)C1C=C2CC(CC4CC(CO)CC#Cc5cc(O)ccc5C2O4)C1c1ccc(cc1)C(N=C(N)N)(C1CC2C=CC4C(c5ccc(C(O)Cc6cccc7ccccc67)cc5)CCC2C4(O)C1Cc1ccccc1)O3. The molecular weight excluding hydrogens is 1170 g/mol. The van der Waals surface area contributed by atoms with E-state index in [1.54, 1.807) is 12.1 Å². The number of phenolic OH excluding ortho intramolecular Hbond substituents is 1. The summed E-state index contributed by atoms with van der Waals surface area (Å²) in [6.45, 7) is 2.10. The summed E-state index contributed by atoms with van der Waals surface area (Å²) < 4.78 is 56.2. The molecule has 0 amide bonds. The molecule has 18 atom stereocenters. The minimum Gasteiger partial charge on any atom is -0.508 e. The number of phenols is 1. The molecule has 18 unspecified atom stereocenters. The Kier molecular flexibility index (Phi) is 15.9. The summed E-state index contributed by atoms with van der Waals surface area (Å²) in [5, 5.41) is 49.1.